The van der Waals surface area contributed by atoms with Gasteiger partial charge in [-0.05, 0) is 41.5 Å². The molecule has 0 saturated heterocycles. The Morgan fingerprint density at radius 2 is 1.75 bits per heavy atom. The summed E-state index contributed by atoms with van der Waals surface area (Å²) in [6.07, 6.45) is 1.69. The predicted octanol–water partition coefficient (Wildman–Crippen LogP) is 2.77. The number of rotatable bonds is 3. The van der Waals surface area contributed by atoms with Crippen molar-refractivity contribution >= 4 is 6.01 Å². The van der Waals surface area contributed by atoms with E-state index in [2.05, 4.69) is 57.2 Å². The van der Waals surface area contributed by atoms with E-state index in [0.29, 0.717) is 6.01 Å². The maximum Gasteiger partial charge on any atom is 0.295 e. The van der Waals surface area contributed by atoms with Crippen LogP contribution in [0.5, 0.6) is 0 Å². The summed E-state index contributed by atoms with van der Waals surface area (Å²) in [4.78, 5) is 4.36. The molecule has 2 N–H and O–H groups in total. The molecular formula is C12H23N3O. The molecule has 1 rings (SSSR count). The van der Waals surface area contributed by atoms with Crippen LogP contribution >= 0.6 is 0 Å². The van der Waals surface area contributed by atoms with Crippen molar-refractivity contribution in [1.82, 2.24) is 10.3 Å². The van der Waals surface area contributed by atoms with E-state index in [-0.39, 0.29) is 11.1 Å². The van der Waals surface area contributed by atoms with Crippen molar-refractivity contribution < 1.29 is 4.42 Å². The van der Waals surface area contributed by atoms with Gasteiger partial charge in [-0.1, -0.05) is 0 Å². The normalized spacial score (nSPS) is 12.9. The van der Waals surface area contributed by atoms with E-state index in [1.807, 2.05) is 0 Å². The van der Waals surface area contributed by atoms with Gasteiger partial charge in [-0.15, -0.1) is 0 Å². The third-order valence-corrected chi connectivity index (χ3v) is 1.83. The molecule has 0 aromatic carbocycles. The highest BCUT2D eigenvalue weighted by Gasteiger charge is 2.14. The van der Waals surface area contributed by atoms with E-state index in [9.17, 15) is 0 Å². The lowest BCUT2D eigenvalue weighted by Gasteiger charge is -2.19. The summed E-state index contributed by atoms with van der Waals surface area (Å²) in [6, 6.07) is 0.582. The van der Waals surface area contributed by atoms with E-state index in [0.717, 1.165) is 12.2 Å². The Bertz CT molecular complexity index is 331. The molecule has 0 aliphatic carbocycles. The van der Waals surface area contributed by atoms with Crippen LogP contribution in [0.3, 0.4) is 0 Å². The van der Waals surface area contributed by atoms with Gasteiger partial charge in [-0.2, -0.15) is 4.98 Å². The molecule has 0 unspecified atom stereocenters. The highest BCUT2D eigenvalue weighted by Crippen LogP contribution is 2.14. The quantitative estimate of drug-likeness (QED) is 0.830. The molecular weight excluding hydrogens is 202 g/mol. The Morgan fingerprint density at radius 1 is 1.12 bits per heavy atom. The van der Waals surface area contributed by atoms with Gasteiger partial charge in [0.1, 0.15) is 6.26 Å². The van der Waals surface area contributed by atoms with Gasteiger partial charge >= 0.3 is 0 Å². The second-order valence-corrected chi connectivity index (χ2v) is 6.12. The van der Waals surface area contributed by atoms with Gasteiger partial charge in [-0.3, -0.25) is 0 Å². The van der Waals surface area contributed by atoms with Crippen LogP contribution in [0.15, 0.2) is 10.7 Å². The van der Waals surface area contributed by atoms with E-state index >= 15 is 0 Å². The van der Waals surface area contributed by atoms with E-state index in [1.54, 1.807) is 6.26 Å². The molecule has 16 heavy (non-hydrogen) atoms. The van der Waals surface area contributed by atoms with Crippen LogP contribution < -0.4 is 10.6 Å². The van der Waals surface area contributed by atoms with Crippen LogP contribution in [0, 0.1) is 0 Å². The first kappa shape index (κ1) is 13.0. The predicted molar refractivity (Wildman–Crippen MR) is 66.5 cm³/mol. The SMILES string of the molecule is CC(C)(C)NCc1coc(NC(C)(C)C)n1. The smallest absolute Gasteiger partial charge is 0.295 e. The lowest BCUT2D eigenvalue weighted by molar-refractivity contribution is 0.421. The Balaban J connectivity index is 2.52. The van der Waals surface area contributed by atoms with E-state index < -0.39 is 0 Å². The topological polar surface area (TPSA) is 50.1 Å². The minimum Gasteiger partial charge on any atom is -0.432 e. The third kappa shape index (κ3) is 5.16. The maximum atomic E-state index is 5.34. The Hall–Kier alpha value is -1.03. The molecule has 0 fully saturated rings. The Labute approximate surface area is 97.8 Å². The highest BCUT2D eigenvalue weighted by molar-refractivity contribution is 5.25. The van der Waals surface area contributed by atoms with Crippen molar-refractivity contribution in [3.63, 3.8) is 0 Å². The molecule has 0 aliphatic heterocycles. The lowest BCUT2D eigenvalue weighted by Crippen LogP contribution is -2.35. The second-order valence-electron chi connectivity index (χ2n) is 6.12. The number of anilines is 1. The van der Waals surface area contributed by atoms with Crippen LogP contribution in [0.2, 0.25) is 0 Å². The van der Waals surface area contributed by atoms with Gasteiger partial charge in [0.2, 0.25) is 0 Å². The molecule has 0 bridgehead atoms. The molecule has 1 aromatic rings. The van der Waals surface area contributed by atoms with Crippen molar-refractivity contribution in [2.75, 3.05) is 5.32 Å². The third-order valence-electron chi connectivity index (χ3n) is 1.83. The van der Waals surface area contributed by atoms with Gasteiger partial charge in [0.15, 0.2) is 0 Å². The van der Waals surface area contributed by atoms with Crippen molar-refractivity contribution in [3.05, 3.63) is 12.0 Å². The fourth-order valence-corrected chi connectivity index (χ4v) is 1.12. The molecule has 1 aromatic heterocycles. The average molecular weight is 225 g/mol. The Morgan fingerprint density at radius 3 is 2.25 bits per heavy atom. The van der Waals surface area contributed by atoms with Gasteiger partial charge < -0.3 is 15.1 Å². The Kier molecular flexibility index (Phi) is 3.63. The van der Waals surface area contributed by atoms with Crippen LogP contribution in [0.1, 0.15) is 47.2 Å². The lowest BCUT2D eigenvalue weighted by atomic mass is 10.1. The fourth-order valence-electron chi connectivity index (χ4n) is 1.12. The summed E-state index contributed by atoms with van der Waals surface area (Å²) in [6.45, 7) is 13.3. The summed E-state index contributed by atoms with van der Waals surface area (Å²) < 4.78 is 5.34. The van der Waals surface area contributed by atoms with Crippen molar-refractivity contribution in [3.8, 4) is 0 Å². The molecule has 0 atom stereocenters. The summed E-state index contributed by atoms with van der Waals surface area (Å²) >= 11 is 0. The van der Waals surface area contributed by atoms with Crippen LogP contribution in [0.25, 0.3) is 0 Å². The molecule has 0 saturated carbocycles. The van der Waals surface area contributed by atoms with E-state index in [4.69, 9.17) is 4.42 Å². The number of hydrogen-bond donors (Lipinski definition) is 2. The first-order valence-corrected chi connectivity index (χ1v) is 5.63. The molecule has 0 aliphatic rings. The zero-order valence-corrected chi connectivity index (χ0v) is 11.1. The minimum atomic E-state index is -0.0282. The van der Waals surface area contributed by atoms with Crippen LogP contribution in [0.4, 0.5) is 6.01 Å². The van der Waals surface area contributed by atoms with E-state index in [1.165, 1.54) is 0 Å². The highest BCUT2D eigenvalue weighted by atomic mass is 16.4. The molecule has 4 nitrogen and oxygen atoms in total. The number of aromatic nitrogens is 1. The number of nitrogens with zero attached hydrogens (tertiary/aromatic N) is 1. The molecule has 0 amide bonds. The van der Waals surface area contributed by atoms with Crippen molar-refractivity contribution in [1.29, 1.82) is 0 Å². The summed E-state index contributed by atoms with van der Waals surface area (Å²) in [5.74, 6) is 0. The monoisotopic (exact) mass is 225 g/mol. The van der Waals surface area contributed by atoms with Gasteiger partial charge in [0, 0.05) is 17.6 Å². The molecule has 92 valence electrons. The molecule has 1 heterocycles. The van der Waals surface area contributed by atoms with Crippen LogP contribution in [-0.4, -0.2) is 16.1 Å². The maximum absolute atomic E-state index is 5.34. The standard InChI is InChI=1S/C12H23N3O/c1-11(2,3)13-7-9-8-16-10(14-9)15-12(4,5)6/h8,13H,7H2,1-6H3,(H,14,15). The van der Waals surface area contributed by atoms with Crippen molar-refractivity contribution in [2.24, 2.45) is 0 Å². The van der Waals surface area contributed by atoms with Gasteiger partial charge in [0.25, 0.3) is 6.01 Å². The zero-order chi connectivity index (χ0) is 12.4. The number of oxazole rings is 1. The molecule has 0 spiro atoms. The first-order chi connectivity index (χ1) is 7.16. The molecule has 4 heteroatoms. The zero-order valence-electron chi connectivity index (χ0n) is 11.1. The van der Waals surface area contributed by atoms with Crippen molar-refractivity contribution in [2.45, 2.75) is 59.2 Å². The van der Waals surface area contributed by atoms with Gasteiger partial charge in [0.05, 0.1) is 5.69 Å². The number of hydrogen-bond acceptors (Lipinski definition) is 4. The van der Waals surface area contributed by atoms with Crippen LogP contribution in [-0.2, 0) is 6.54 Å². The fraction of sp³-hybridized carbons (Fsp3) is 0.750. The minimum absolute atomic E-state index is 0.0282. The summed E-state index contributed by atoms with van der Waals surface area (Å²) in [5.41, 5.74) is 0.984. The molecule has 0 radical (unpaired) electrons. The largest absolute Gasteiger partial charge is 0.432 e. The van der Waals surface area contributed by atoms with Gasteiger partial charge in [-0.25, -0.2) is 0 Å². The first-order valence-electron chi connectivity index (χ1n) is 5.63. The number of nitrogens with one attached hydrogen (secondary N) is 2. The summed E-state index contributed by atoms with van der Waals surface area (Å²) in [7, 11) is 0. The second kappa shape index (κ2) is 4.45. The summed E-state index contributed by atoms with van der Waals surface area (Å²) in [5, 5.41) is 6.56. The average Bonchev–Trinajstić information content (AvgIpc) is 2.44.